The van der Waals surface area contributed by atoms with Crippen molar-refractivity contribution in [2.24, 2.45) is 5.92 Å². The van der Waals surface area contributed by atoms with Crippen LogP contribution in [0, 0.1) is 5.92 Å². The summed E-state index contributed by atoms with van der Waals surface area (Å²) >= 11 is 0. The van der Waals surface area contributed by atoms with Crippen molar-refractivity contribution >= 4 is 5.97 Å². The first-order valence-corrected chi connectivity index (χ1v) is 16.1. The largest absolute Gasteiger partial charge is 0.494 e. The fourth-order valence-electron chi connectivity index (χ4n) is 5.45. The third kappa shape index (κ3) is 16.1. The molecule has 0 aliphatic carbocycles. The summed E-state index contributed by atoms with van der Waals surface area (Å²) in [6, 6.07) is 19.0. The maximum atomic E-state index is 12.5. The highest BCUT2D eigenvalue weighted by atomic mass is 16.5. The molecule has 0 aliphatic heterocycles. The third-order valence-corrected chi connectivity index (χ3v) is 7.64. The second-order valence-electron chi connectivity index (χ2n) is 12.3. The molecule has 0 saturated heterocycles. The van der Waals surface area contributed by atoms with Crippen molar-refractivity contribution in [3.63, 3.8) is 0 Å². The van der Waals surface area contributed by atoms with Crippen LogP contribution in [0.1, 0.15) is 108 Å². The maximum absolute atomic E-state index is 12.5. The van der Waals surface area contributed by atoms with Crippen molar-refractivity contribution < 1.29 is 18.8 Å². The molecule has 2 aromatic rings. The minimum Gasteiger partial charge on any atom is -0.494 e. The number of aryl methyl sites for hydroxylation is 1. The van der Waals surface area contributed by atoms with Crippen molar-refractivity contribution in [1.29, 1.82) is 0 Å². The maximum Gasteiger partial charge on any atom is 0.314 e. The van der Waals surface area contributed by atoms with Gasteiger partial charge in [0.05, 0.1) is 33.9 Å². The van der Waals surface area contributed by atoms with Gasteiger partial charge < -0.3 is 14.0 Å². The van der Waals surface area contributed by atoms with Gasteiger partial charge in [-0.2, -0.15) is 0 Å². The number of benzene rings is 2. The van der Waals surface area contributed by atoms with Crippen LogP contribution < -0.4 is 4.74 Å². The molecule has 0 aliphatic rings. The molecule has 4 heteroatoms. The van der Waals surface area contributed by atoms with E-state index in [1.54, 1.807) is 0 Å². The van der Waals surface area contributed by atoms with Gasteiger partial charge in [-0.15, -0.1) is 0 Å². The fourth-order valence-corrected chi connectivity index (χ4v) is 5.45. The lowest BCUT2D eigenvalue weighted by Crippen LogP contribution is -2.44. The predicted molar refractivity (Wildman–Crippen MR) is 169 cm³/mol. The predicted octanol–water partition coefficient (Wildman–Crippen LogP) is 9.16. The SMILES string of the molecule is CCCCCCCCCCCCCc1cccc(OCCCCOC(=O)C(C)C[N+](C)(C)Cc2ccccc2)c1. The number of hydrogen-bond donors (Lipinski definition) is 0. The van der Waals surface area contributed by atoms with Crippen molar-refractivity contribution in [3.8, 4) is 5.75 Å². The average molecular weight is 553 g/mol. The van der Waals surface area contributed by atoms with E-state index in [-0.39, 0.29) is 11.9 Å². The van der Waals surface area contributed by atoms with Crippen molar-refractivity contribution in [1.82, 2.24) is 0 Å². The molecule has 0 N–H and O–H groups in total. The smallest absolute Gasteiger partial charge is 0.314 e. The van der Waals surface area contributed by atoms with Gasteiger partial charge in [0.15, 0.2) is 0 Å². The van der Waals surface area contributed by atoms with E-state index in [2.05, 4.69) is 63.5 Å². The zero-order chi connectivity index (χ0) is 28.9. The van der Waals surface area contributed by atoms with E-state index in [0.717, 1.165) is 42.6 Å². The monoisotopic (exact) mass is 552 g/mol. The van der Waals surface area contributed by atoms with Crippen LogP contribution in [0.4, 0.5) is 0 Å². The van der Waals surface area contributed by atoms with Crippen LogP contribution in [0.2, 0.25) is 0 Å². The minimum atomic E-state index is -0.127. The van der Waals surface area contributed by atoms with Crippen molar-refractivity contribution in [3.05, 3.63) is 65.7 Å². The zero-order valence-corrected chi connectivity index (χ0v) is 26.2. The van der Waals surface area contributed by atoms with E-state index in [1.165, 1.54) is 81.8 Å². The second kappa shape index (κ2) is 20.5. The summed E-state index contributed by atoms with van der Waals surface area (Å²) in [4.78, 5) is 12.5. The van der Waals surface area contributed by atoms with Gasteiger partial charge in [0, 0.05) is 5.56 Å². The highest BCUT2D eigenvalue weighted by Crippen LogP contribution is 2.18. The normalized spacial score (nSPS) is 12.3. The van der Waals surface area contributed by atoms with Crippen LogP contribution >= 0.6 is 0 Å². The fraction of sp³-hybridized carbons (Fsp3) is 0.639. The lowest BCUT2D eigenvalue weighted by atomic mass is 10.0. The van der Waals surface area contributed by atoms with Crippen LogP contribution in [-0.4, -0.2) is 44.3 Å². The van der Waals surface area contributed by atoms with Crippen LogP contribution in [0.15, 0.2) is 54.6 Å². The Labute approximate surface area is 246 Å². The van der Waals surface area contributed by atoms with E-state index < -0.39 is 0 Å². The van der Waals surface area contributed by atoms with Gasteiger partial charge >= 0.3 is 5.97 Å². The lowest BCUT2D eigenvalue weighted by Gasteiger charge is -2.31. The first-order valence-electron chi connectivity index (χ1n) is 16.1. The number of nitrogens with zero attached hydrogens (tertiary/aromatic N) is 1. The Balaban J connectivity index is 1.50. The molecule has 4 nitrogen and oxygen atoms in total. The summed E-state index contributed by atoms with van der Waals surface area (Å²) in [6.45, 7) is 7.01. The number of carbonyl (C=O) groups is 1. The highest BCUT2D eigenvalue weighted by molar-refractivity contribution is 5.72. The molecule has 40 heavy (non-hydrogen) atoms. The average Bonchev–Trinajstić information content (AvgIpc) is 2.93. The summed E-state index contributed by atoms with van der Waals surface area (Å²) in [7, 11) is 4.34. The topological polar surface area (TPSA) is 35.5 Å². The molecule has 0 saturated carbocycles. The van der Waals surface area contributed by atoms with E-state index in [9.17, 15) is 4.79 Å². The molecule has 0 radical (unpaired) electrons. The molecular formula is C36H58NO3+. The Morgan fingerprint density at radius 3 is 2.00 bits per heavy atom. The first kappa shape index (κ1) is 33.9. The van der Waals surface area contributed by atoms with Gasteiger partial charge in [-0.05, 0) is 50.3 Å². The molecular weight excluding hydrogens is 494 g/mol. The summed E-state index contributed by atoms with van der Waals surface area (Å²) in [5.74, 6) is 0.720. The molecule has 2 rings (SSSR count). The Morgan fingerprint density at radius 1 is 0.725 bits per heavy atom. The molecule has 0 spiro atoms. The summed E-state index contributed by atoms with van der Waals surface area (Å²) in [5.41, 5.74) is 2.65. The quantitative estimate of drug-likeness (QED) is 0.0783. The van der Waals surface area contributed by atoms with E-state index >= 15 is 0 Å². The first-order chi connectivity index (χ1) is 19.4. The molecule has 0 fully saturated rings. The van der Waals surface area contributed by atoms with Crippen molar-refractivity contribution in [2.75, 3.05) is 33.9 Å². The molecule has 1 atom stereocenters. The molecule has 0 bridgehead atoms. The molecule has 224 valence electrons. The molecule has 2 aromatic carbocycles. The van der Waals surface area contributed by atoms with Gasteiger partial charge in [0.1, 0.15) is 18.2 Å². The van der Waals surface area contributed by atoms with Gasteiger partial charge in [-0.1, -0.05) is 114 Å². The Morgan fingerprint density at radius 2 is 1.32 bits per heavy atom. The Kier molecular flexibility index (Phi) is 17.4. The van der Waals surface area contributed by atoms with Crippen LogP contribution in [0.25, 0.3) is 0 Å². The number of esters is 1. The van der Waals surface area contributed by atoms with Gasteiger partial charge in [0.2, 0.25) is 0 Å². The molecule has 0 heterocycles. The van der Waals surface area contributed by atoms with Gasteiger partial charge in [0.25, 0.3) is 0 Å². The number of carbonyl (C=O) groups excluding carboxylic acids is 1. The second-order valence-corrected chi connectivity index (χ2v) is 12.3. The molecule has 0 amide bonds. The summed E-state index contributed by atoms with van der Waals surface area (Å²) in [6.07, 6.45) is 18.0. The minimum absolute atomic E-state index is 0.102. The van der Waals surface area contributed by atoms with E-state index in [4.69, 9.17) is 9.47 Å². The summed E-state index contributed by atoms with van der Waals surface area (Å²) in [5, 5.41) is 0. The number of hydrogen-bond acceptors (Lipinski definition) is 3. The molecule has 1 unspecified atom stereocenters. The van der Waals surface area contributed by atoms with Crippen LogP contribution in [0.3, 0.4) is 0 Å². The zero-order valence-electron chi connectivity index (χ0n) is 26.2. The van der Waals surface area contributed by atoms with Crippen LogP contribution in [-0.2, 0) is 22.5 Å². The van der Waals surface area contributed by atoms with Gasteiger partial charge in [-0.25, -0.2) is 0 Å². The third-order valence-electron chi connectivity index (χ3n) is 7.64. The Bertz CT molecular complexity index is 911. The Hall–Kier alpha value is -2.33. The highest BCUT2D eigenvalue weighted by Gasteiger charge is 2.25. The standard InChI is InChI=1S/C36H58NO3/c1-5-6-7-8-9-10-11-12-13-14-16-22-33-25-21-26-35(29-33)39-27-19-20-28-40-36(38)32(2)30-37(3,4)31-34-23-17-15-18-24-34/h15,17-18,21,23-26,29,32H,5-14,16,19-20,22,27-28,30-31H2,1-4H3/q+1. The van der Waals surface area contributed by atoms with Crippen LogP contribution in [0.5, 0.6) is 5.75 Å². The summed E-state index contributed by atoms with van der Waals surface area (Å²) < 4.78 is 12.3. The lowest BCUT2D eigenvalue weighted by molar-refractivity contribution is -0.905. The van der Waals surface area contributed by atoms with E-state index in [1.807, 2.05) is 19.1 Å². The van der Waals surface area contributed by atoms with E-state index in [0.29, 0.717) is 13.2 Å². The number of unbranched alkanes of at least 4 members (excludes halogenated alkanes) is 11. The molecule has 0 aromatic heterocycles. The number of rotatable bonds is 23. The number of quaternary nitrogens is 1. The van der Waals surface area contributed by atoms with Gasteiger partial charge in [-0.3, -0.25) is 4.79 Å². The number of ether oxygens (including phenoxy) is 2. The van der Waals surface area contributed by atoms with Crippen molar-refractivity contribution in [2.45, 2.75) is 110 Å².